The second-order valence-corrected chi connectivity index (χ2v) is 5.76. The Balaban J connectivity index is 2.86. The van der Waals surface area contributed by atoms with E-state index in [4.69, 9.17) is 14.6 Å². The van der Waals surface area contributed by atoms with E-state index >= 15 is 0 Å². The Labute approximate surface area is 128 Å². The van der Waals surface area contributed by atoms with Crippen LogP contribution >= 0.6 is 0 Å². The number of nitriles is 1. The van der Waals surface area contributed by atoms with Gasteiger partial charge >= 0.3 is 16.4 Å². The van der Waals surface area contributed by atoms with Crippen LogP contribution < -0.4 is 4.18 Å². The van der Waals surface area contributed by atoms with E-state index in [1.807, 2.05) is 13.8 Å². The minimum absolute atomic E-state index is 0.0967. The van der Waals surface area contributed by atoms with Crippen molar-refractivity contribution in [3.8, 4) is 11.8 Å². The molecular weight excluding hydrogens is 310 g/mol. The van der Waals surface area contributed by atoms with E-state index in [-0.39, 0.29) is 23.8 Å². The molecule has 0 unspecified atom stereocenters. The lowest BCUT2D eigenvalue weighted by atomic mass is 10.1. The van der Waals surface area contributed by atoms with Crippen LogP contribution in [0.5, 0.6) is 5.75 Å². The maximum atomic E-state index is 11.7. The molecule has 8 heteroatoms. The maximum absolute atomic E-state index is 11.7. The molecule has 0 atom stereocenters. The molecule has 0 aliphatic rings. The first-order valence-corrected chi connectivity index (χ1v) is 7.63. The zero-order chi connectivity index (χ0) is 16.8. The summed E-state index contributed by atoms with van der Waals surface area (Å²) in [4.78, 5) is 11.7. The third-order valence-electron chi connectivity index (χ3n) is 2.28. The number of carbonyl (C=O) groups is 1. The average molecular weight is 325 g/mol. The molecule has 1 N–H and O–H groups in total. The summed E-state index contributed by atoms with van der Waals surface area (Å²) < 4.78 is 38.8. The molecule has 0 aromatic heterocycles. The summed E-state index contributed by atoms with van der Waals surface area (Å²) in [5.41, 5.74) is 0.296. The molecule has 7 nitrogen and oxygen atoms in total. The number of hydrogen-bond donors (Lipinski definition) is 1. The first-order valence-electron chi connectivity index (χ1n) is 6.27. The predicted octanol–water partition coefficient (Wildman–Crippen LogP) is 1.97. The molecule has 0 saturated carbocycles. The van der Waals surface area contributed by atoms with Gasteiger partial charge in [0, 0.05) is 0 Å². The monoisotopic (exact) mass is 325 g/mol. The fourth-order valence-electron chi connectivity index (χ4n) is 1.36. The third kappa shape index (κ3) is 6.39. The molecule has 0 fully saturated rings. The topological polar surface area (TPSA) is 114 Å². The molecule has 0 heterocycles. The number of nitrogens with zero attached hydrogens (tertiary/aromatic N) is 1. The highest BCUT2D eigenvalue weighted by atomic mass is 32.3. The average Bonchev–Trinajstić information content (AvgIpc) is 2.42. The zero-order valence-electron chi connectivity index (χ0n) is 12.0. The zero-order valence-corrected chi connectivity index (χ0v) is 12.8. The van der Waals surface area contributed by atoms with Crippen LogP contribution in [-0.4, -0.2) is 25.5 Å². The number of ether oxygens (including phenoxy) is 1. The lowest BCUT2D eigenvalue weighted by Gasteiger charge is -2.06. The minimum atomic E-state index is -4.59. The highest BCUT2D eigenvalue weighted by molar-refractivity contribution is 7.81. The summed E-state index contributed by atoms with van der Waals surface area (Å²) in [5.74, 6) is -0.671. The van der Waals surface area contributed by atoms with Crippen molar-refractivity contribution in [2.45, 2.75) is 13.8 Å². The molecular formula is C14H15NO6S. The third-order valence-corrected chi connectivity index (χ3v) is 2.68. The summed E-state index contributed by atoms with van der Waals surface area (Å²) in [5, 5.41) is 8.97. The van der Waals surface area contributed by atoms with E-state index in [0.717, 1.165) is 0 Å². The molecule has 0 bridgehead atoms. The Hall–Kier alpha value is -2.37. The molecule has 1 aromatic rings. The number of benzene rings is 1. The van der Waals surface area contributed by atoms with Crippen molar-refractivity contribution >= 4 is 22.4 Å². The Morgan fingerprint density at radius 1 is 1.36 bits per heavy atom. The van der Waals surface area contributed by atoms with Crippen LogP contribution in [0.4, 0.5) is 0 Å². The number of carbonyl (C=O) groups excluding carboxylic acids is 1. The van der Waals surface area contributed by atoms with E-state index in [2.05, 4.69) is 4.18 Å². The SMILES string of the molecule is CC(C)COC(=O)C(C#N)=Cc1ccc(OS(=O)(=O)O)cc1. The molecule has 1 aromatic carbocycles. The van der Waals surface area contributed by atoms with Gasteiger partial charge in [0.15, 0.2) is 0 Å². The van der Waals surface area contributed by atoms with Gasteiger partial charge in [-0.3, -0.25) is 4.55 Å². The van der Waals surface area contributed by atoms with E-state index in [1.165, 1.54) is 30.3 Å². The molecule has 0 spiro atoms. The van der Waals surface area contributed by atoms with Crippen molar-refractivity contribution in [3.05, 3.63) is 35.4 Å². The molecule has 0 aliphatic carbocycles. The first kappa shape index (κ1) is 17.7. The quantitative estimate of drug-likeness (QED) is 0.368. The van der Waals surface area contributed by atoms with Crippen molar-refractivity contribution in [1.82, 2.24) is 0 Å². The van der Waals surface area contributed by atoms with Crippen molar-refractivity contribution < 1.29 is 26.7 Å². The lowest BCUT2D eigenvalue weighted by molar-refractivity contribution is -0.139. The summed E-state index contributed by atoms with van der Waals surface area (Å²) >= 11 is 0. The molecule has 0 radical (unpaired) electrons. The predicted molar refractivity (Wildman–Crippen MR) is 78.0 cm³/mol. The number of rotatable bonds is 6. The lowest BCUT2D eigenvalue weighted by Crippen LogP contribution is -2.11. The van der Waals surface area contributed by atoms with Crippen molar-refractivity contribution in [2.75, 3.05) is 6.61 Å². The fourth-order valence-corrected chi connectivity index (χ4v) is 1.72. The van der Waals surface area contributed by atoms with Gasteiger partial charge in [0.05, 0.1) is 6.61 Å². The molecule has 0 aliphatic heterocycles. The van der Waals surface area contributed by atoms with Gasteiger partial charge < -0.3 is 8.92 Å². The minimum Gasteiger partial charge on any atom is -0.461 e. The fraction of sp³-hybridized carbons (Fsp3) is 0.286. The van der Waals surface area contributed by atoms with Gasteiger partial charge in [-0.15, -0.1) is 0 Å². The molecule has 1 rings (SSSR count). The summed E-state index contributed by atoms with van der Waals surface area (Å²) in [6, 6.07) is 7.14. The van der Waals surface area contributed by atoms with Crippen molar-refractivity contribution in [2.24, 2.45) is 5.92 Å². The summed E-state index contributed by atoms with van der Waals surface area (Å²) in [7, 11) is -4.59. The largest absolute Gasteiger partial charge is 0.461 e. The standard InChI is InChI=1S/C14H15NO6S/c1-10(2)9-20-14(16)12(8-15)7-11-3-5-13(6-4-11)21-22(17,18)19/h3-7,10H,9H2,1-2H3,(H,17,18,19). The van der Waals surface area contributed by atoms with Crippen LogP contribution in [0.2, 0.25) is 0 Å². The number of hydrogen-bond acceptors (Lipinski definition) is 6. The van der Waals surface area contributed by atoms with Crippen molar-refractivity contribution in [1.29, 1.82) is 5.26 Å². The second kappa shape index (κ2) is 7.59. The summed E-state index contributed by atoms with van der Waals surface area (Å²) in [6.07, 6.45) is 1.31. The highest BCUT2D eigenvalue weighted by Crippen LogP contribution is 2.16. The van der Waals surface area contributed by atoms with Crippen LogP contribution in [0, 0.1) is 17.2 Å². The van der Waals surface area contributed by atoms with Gasteiger partial charge in [0.25, 0.3) is 0 Å². The van der Waals surface area contributed by atoms with E-state index in [0.29, 0.717) is 5.56 Å². The van der Waals surface area contributed by atoms with E-state index in [1.54, 1.807) is 6.07 Å². The van der Waals surface area contributed by atoms with Crippen LogP contribution in [0.1, 0.15) is 19.4 Å². The van der Waals surface area contributed by atoms with Crippen LogP contribution in [0.15, 0.2) is 29.8 Å². The Kier molecular flexibility index (Phi) is 6.10. The Bertz CT molecular complexity index is 698. The van der Waals surface area contributed by atoms with E-state index in [9.17, 15) is 13.2 Å². The van der Waals surface area contributed by atoms with Crippen LogP contribution in [0.25, 0.3) is 6.08 Å². The van der Waals surface area contributed by atoms with Gasteiger partial charge in [-0.2, -0.15) is 13.7 Å². The number of esters is 1. The van der Waals surface area contributed by atoms with Gasteiger partial charge in [-0.1, -0.05) is 26.0 Å². The highest BCUT2D eigenvalue weighted by Gasteiger charge is 2.12. The van der Waals surface area contributed by atoms with Gasteiger partial charge in [0.2, 0.25) is 0 Å². The molecule has 22 heavy (non-hydrogen) atoms. The van der Waals surface area contributed by atoms with Gasteiger partial charge in [0.1, 0.15) is 17.4 Å². The van der Waals surface area contributed by atoms with Crippen LogP contribution in [0.3, 0.4) is 0 Å². The maximum Gasteiger partial charge on any atom is 0.446 e. The van der Waals surface area contributed by atoms with Crippen molar-refractivity contribution in [3.63, 3.8) is 0 Å². The smallest absolute Gasteiger partial charge is 0.446 e. The van der Waals surface area contributed by atoms with Gasteiger partial charge in [-0.05, 0) is 29.7 Å². The molecule has 118 valence electrons. The normalized spacial score (nSPS) is 11.9. The van der Waals surface area contributed by atoms with E-state index < -0.39 is 16.4 Å². The van der Waals surface area contributed by atoms with Gasteiger partial charge in [-0.25, -0.2) is 4.79 Å². The Morgan fingerprint density at radius 3 is 2.41 bits per heavy atom. The second-order valence-electron chi connectivity index (χ2n) is 4.74. The molecule has 0 saturated heterocycles. The van der Waals surface area contributed by atoms with Crippen LogP contribution in [-0.2, 0) is 19.9 Å². The molecule has 0 amide bonds. The summed E-state index contributed by atoms with van der Waals surface area (Å²) in [6.45, 7) is 3.95. The first-order chi connectivity index (χ1) is 10.2. The Morgan fingerprint density at radius 2 is 1.95 bits per heavy atom.